The van der Waals surface area contributed by atoms with Crippen LogP contribution in [0, 0.1) is 0 Å². The number of carbonyl (C=O) groups is 1. The molecule has 0 unspecified atom stereocenters. The lowest BCUT2D eigenvalue weighted by Crippen LogP contribution is -2.06. The Morgan fingerprint density at radius 2 is 1.69 bits per heavy atom. The Morgan fingerprint density at radius 1 is 1.12 bits per heavy atom. The summed E-state index contributed by atoms with van der Waals surface area (Å²) in [5, 5.41) is 0. The third-order valence-corrected chi connectivity index (χ3v) is 3.77. The molecule has 1 aromatic rings. The number of ether oxygens (including phenoxy) is 1. The highest BCUT2D eigenvalue weighted by Gasteiger charge is 2.35. The van der Waals surface area contributed by atoms with Crippen LogP contribution in [0.15, 0.2) is 24.3 Å². The zero-order chi connectivity index (χ0) is 12.2. The van der Waals surface area contributed by atoms with E-state index in [2.05, 4.69) is 9.05 Å². The van der Waals surface area contributed by atoms with Gasteiger partial charge in [0.15, 0.2) is 0 Å². The molecule has 0 fully saturated rings. The first kappa shape index (κ1) is 12.9. The van der Waals surface area contributed by atoms with Crippen molar-refractivity contribution in [3.63, 3.8) is 0 Å². The third-order valence-electron chi connectivity index (χ3n) is 2.07. The van der Waals surface area contributed by atoms with Gasteiger partial charge in [-0.2, -0.15) is 0 Å². The monoisotopic (exact) mass is 244 g/mol. The Kier molecular flexibility index (Phi) is 4.24. The number of hydrogen-bond donors (Lipinski definition) is 0. The smallest absolute Gasteiger partial charge is 0.401 e. The molecule has 0 aliphatic heterocycles. The van der Waals surface area contributed by atoms with Gasteiger partial charge in [0.1, 0.15) is 5.75 Å². The summed E-state index contributed by atoms with van der Waals surface area (Å²) in [4.78, 5) is 11.9. The van der Waals surface area contributed by atoms with Crippen molar-refractivity contribution in [2.75, 3.05) is 21.3 Å². The maximum absolute atomic E-state index is 11.9. The van der Waals surface area contributed by atoms with E-state index in [1.54, 1.807) is 18.2 Å². The molecule has 1 aromatic carbocycles. The minimum absolute atomic E-state index is 0.178. The van der Waals surface area contributed by atoms with Crippen LogP contribution in [0.25, 0.3) is 0 Å². The number of methoxy groups -OCH3 is 1. The number of carbonyl (C=O) groups excluding carboxylic acids is 1. The fourth-order valence-electron chi connectivity index (χ4n) is 1.21. The molecule has 0 aromatic heterocycles. The molecule has 0 aliphatic carbocycles. The van der Waals surface area contributed by atoms with E-state index in [9.17, 15) is 9.36 Å². The van der Waals surface area contributed by atoms with E-state index in [4.69, 9.17) is 4.74 Å². The summed E-state index contributed by atoms with van der Waals surface area (Å²) in [7, 11) is 0.00269. The minimum atomic E-state index is -3.75. The van der Waals surface area contributed by atoms with Gasteiger partial charge in [0.05, 0.1) is 12.7 Å². The van der Waals surface area contributed by atoms with Gasteiger partial charge < -0.3 is 13.8 Å². The fourth-order valence-corrected chi connectivity index (χ4v) is 2.17. The molecule has 0 aliphatic rings. The van der Waals surface area contributed by atoms with E-state index in [0.717, 1.165) is 14.2 Å². The predicted octanol–water partition coefficient (Wildman–Crippen LogP) is 2.32. The van der Waals surface area contributed by atoms with Gasteiger partial charge in [-0.15, -0.1) is 0 Å². The van der Waals surface area contributed by atoms with Gasteiger partial charge in [0.25, 0.3) is 5.52 Å². The molecule has 0 saturated heterocycles. The van der Waals surface area contributed by atoms with Crippen LogP contribution in [0.3, 0.4) is 0 Å². The largest absolute Gasteiger partial charge is 0.496 e. The number of benzene rings is 1. The van der Waals surface area contributed by atoms with E-state index >= 15 is 0 Å². The van der Waals surface area contributed by atoms with Crippen LogP contribution in [0.5, 0.6) is 5.75 Å². The van der Waals surface area contributed by atoms with Crippen molar-refractivity contribution in [3.05, 3.63) is 29.8 Å². The van der Waals surface area contributed by atoms with Crippen molar-refractivity contribution in [2.24, 2.45) is 0 Å². The molecule has 1 rings (SSSR count). The minimum Gasteiger partial charge on any atom is -0.496 e. The van der Waals surface area contributed by atoms with Gasteiger partial charge in [-0.3, -0.25) is 9.36 Å². The average Bonchev–Trinajstić information content (AvgIpc) is 2.36. The molecule has 0 N–H and O–H groups in total. The Morgan fingerprint density at radius 3 is 2.19 bits per heavy atom. The van der Waals surface area contributed by atoms with Crippen molar-refractivity contribution < 1.29 is 23.1 Å². The van der Waals surface area contributed by atoms with Gasteiger partial charge in [-0.05, 0) is 12.1 Å². The van der Waals surface area contributed by atoms with Gasteiger partial charge in [0, 0.05) is 14.2 Å². The molecule has 0 spiro atoms. The van der Waals surface area contributed by atoms with E-state index < -0.39 is 13.1 Å². The van der Waals surface area contributed by atoms with E-state index in [-0.39, 0.29) is 5.56 Å². The van der Waals surface area contributed by atoms with Gasteiger partial charge in [-0.1, -0.05) is 12.1 Å². The molecule has 16 heavy (non-hydrogen) atoms. The lowest BCUT2D eigenvalue weighted by molar-refractivity contribution is 0.102. The molecule has 88 valence electrons. The third kappa shape index (κ3) is 2.32. The van der Waals surface area contributed by atoms with Crippen LogP contribution in [-0.2, 0) is 13.6 Å². The summed E-state index contributed by atoms with van der Waals surface area (Å²) < 4.78 is 26.1. The SMILES string of the molecule is COc1ccccc1C(=O)P(=O)(OC)OC. The highest BCUT2D eigenvalue weighted by atomic mass is 31.2. The quantitative estimate of drug-likeness (QED) is 0.744. The molecule has 0 amide bonds. The van der Waals surface area contributed by atoms with Crippen molar-refractivity contribution >= 4 is 13.1 Å². The van der Waals surface area contributed by atoms with Crippen molar-refractivity contribution in [1.82, 2.24) is 0 Å². The van der Waals surface area contributed by atoms with Gasteiger partial charge in [0.2, 0.25) is 0 Å². The maximum atomic E-state index is 11.9. The van der Waals surface area contributed by atoms with Gasteiger partial charge >= 0.3 is 7.60 Å². The first-order chi connectivity index (χ1) is 7.59. The summed E-state index contributed by atoms with van der Waals surface area (Å²) in [6, 6.07) is 6.46. The molecular formula is C10H13O5P. The first-order valence-electron chi connectivity index (χ1n) is 4.48. The Hall–Kier alpha value is -1.16. The van der Waals surface area contributed by atoms with Crippen LogP contribution in [-0.4, -0.2) is 26.9 Å². The Balaban J connectivity index is 3.19. The van der Waals surface area contributed by atoms with E-state index in [0.29, 0.717) is 5.75 Å². The molecular weight excluding hydrogens is 231 g/mol. The molecule has 0 heterocycles. The summed E-state index contributed by atoms with van der Waals surface area (Å²) in [6.07, 6.45) is 0. The summed E-state index contributed by atoms with van der Waals surface area (Å²) in [5.41, 5.74) is -0.535. The predicted molar refractivity (Wildman–Crippen MR) is 58.9 cm³/mol. The molecule has 6 heteroatoms. The molecule has 5 nitrogen and oxygen atoms in total. The van der Waals surface area contributed by atoms with Crippen LogP contribution in [0.1, 0.15) is 10.4 Å². The second kappa shape index (κ2) is 5.25. The second-order valence-electron chi connectivity index (χ2n) is 2.87. The van der Waals surface area contributed by atoms with Crippen molar-refractivity contribution in [1.29, 1.82) is 0 Å². The molecule has 0 bridgehead atoms. The fraction of sp³-hybridized carbons (Fsp3) is 0.300. The molecule has 0 atom stereocenters. The van der Waals surface area contributed by atoms with Crippen LogP contribution < -0.4 is 4.74 Å². The molecule has 0 radical (unpaired) electrons. The highest BCUT2D eigenvalue weighted by molar-refractivity contribution is 7.72. The summed E-state index contributed by atoms with van der Waals surface area (Å²) in [5.74, 6) is 0.335. The highest BCUT2D eigenvalue weighted by Crippen LogP contribution is 2.50. The van der Waals surface area contributed by atoms with E-state index in [1.807, 2.05) is 0 Å². The van der Waals surface area contributed by atoms with Crippen LogP contribution >= 0.6 is 7.60 Å². The number of para-hydroxylation sites is 1. The maximum Gasteiger partial charge on any atom is 0.401 e. The number of hydrogen-bond acceptors (Lipinski definition) is 5. The lowest BCUT2D eigenvalue weighted by atomic mass is 10.2. The zero-order valence-corrected chi connectivity index (χ0v) is 10.2. The van der Waals surface area contributed by atoms with Gasteiger partial charge in [-0.25, -0.2) is 0 Å². The summed E-state index contributed by atoms with van der Waals surface area (Å²) in [6.45, 7) is 0. The summed E-state index contributed by atoms with van der Waals surface area (Å²) >= 11 is 0. The Bertz CT molecular complexity index is 421. The van der Waals surface area contributed by atoms with Crippen LogP contribution in [0.2, 0.25) is 0 Å². The van der Waals surface area contributed by atoms with Crippen LogP contribution in [0.4, 0.5) is 0 Å². The molecule has 0 saturated carbocycles. The van der Waals surface area contributed by atoms with Crippen molar-refractivity contribution in [2.45, 2.75) is 0 Å². The average molecular weight is 244 g/mol. The second-order valence-corrected chi connectivity index (χ2v) is 5.00. The topological polar surface area (TPSA) is 61.8 Å². The number of rotatable bonds is 5. The van der Waals surface area contributed by atoms with E-state index in [1.165, 1.54) is 13.2 Å². The normalized spacial score (nSPS) is 11.2. The zero-order valence-electron chi connectivity index (χ0n) is 9.30. The standard InChI is InChI=1S/C10H13O5P/c1-13-9-7-5-4-6-8(9)10(11)16(12,14-2)15-3/h4-7H,1-3H3. The first-order valence-corrected chi connectivity index (χ1v) is 6.02. The lowest BCUT2D eigenvalue weighted by Gasteiger charge is -2.13. The Labute approximate surface area is 93.9 Å². The van der Waals surface area contributed by atoms with Crippen molar-refractivity contribution in [3.8, 4) is 5.75 Å².